The van der Waals surface area contributed by atoms with Gasteiger partial charge in [0, 0.05) is 11.5 Å². The van der Waals surface area contributed by atoms with Gasteiger partial charge in [-0.1, -0.05) is 30.3 Å². The number of methoxy groups -OCH3 is 1. The minimum Gasteiger partial charge on any atom is -0.466 e. The number of carbonyl (C=O) groups excluding carboxylic acids is 1. The first-order chi connectivity index (χ1) is 12.0. The fourth-order valence-electron chi connectivity index (χ4n) is 3.06. The van der Waals surface area contributed by atoms with Crippen molar-refractivity contribution in [3.05, 3.63) is 70.4 Å². The number of esters is 1. The molecule has 25 heavy (non-hydrogen) atoms. The maximum absolute atomic E-state index is 11.3. The molecule has 0 aliphatic carbocycles. The number of fused-ring (bicyclic) bond motifs is 1. The van der Waals surface area contributed by atoms with Gasteiger partial charge in [-0.25, -0.2) is 4.79 Å². The van der Waals surface area contributed by atoms with Crippen LogP contribution >= 0.6 is 0 Å². The van der Waals surface area contributed by atoms with E-state index in [2.05, 4.69) is 48.9 Å². The second kappa shape index (κ2) is 6.93. The van der Waals surface area contributed by atoms with Gasteiger partial charge in [0.05, 0.1) is 24.9 Å². The zero-order valence-electron chi connectivity index (χ0n) is 15.0. The Morgan fingerprint density at radius 1 is 1.16 bits per heavy atom. The summed E-state index contributed by atoms with van der Waals surface area (Å²) in [6.07, 6.45) is 3.19. The lowest BCUT2D eigenvalue weighted by molar-refractivity contribution is -0.134. The summed E-state index contributed by atoms with van der Waals surface area (Å²) < 4.78 is 6.69. The third-order valence-electron chi connectivity index (χ3n) is 4.53. The van der Waals surface area contributed by atoms with E-state index in [0.29, 0.717) is 0 Å². The molecule has 3 rings (SSSR count). The highest BCUT2D eigenvalue weighted by atomic mass is 16.5. The lowest BCUT2D eigenvalue weighted by Crippen LogP contribution is -2.05. The summed E-state index contributed by atoms with van der Waals surface area (Å²) in [5.41, 5.74) is 6.84. The molecule has 0 bridgehead atoms. The van der Waals surface area contributed by atoms with E-state index in [0.717, 1.165) is 28.7 Å². The fourth-order valence-corrected chi connectivity index (χ4v) is 3.06. The van der Waals surface area contributed by atoms with E-state index in [1.165, 1.54) is 29.9 Å². The zero-order chi connectivity index (χ0) is 18.0. The Morgan fingerprint density at radius 3 is 2.56 bits per heavy atom. The Hall–Kier alpha value is -2.88. The molecule has 0 saturated carbocycles. The van der Waals surface area contributed by atoms with Crippen LogP contribution in [0.25, 0.3) is 17.0 Å². The highest BCUT2D eigenvalue weighted by molar-refractivity contribution is 5.89. The predicted molar refractivity (Wildman–Crippen MR) is 101 cm³/mol. The second-order valence-electron chi connectivity index (χ2n) is 6.25. The zero-order valence-corrected chi connectivity index (χ0v) is 15.0. The second-order valence-corrected chi connectivity index (χ2v) is 6.25. The van der Waals surface area contributed by atoms with Crippen LogP contribution in [0.1, 0.15) is 27.9 Å². The average molecular weight is 334 g/mol. The molecule has 1 heterocycles. The van der Waals surface area contributed by atoms with Crippen molar-refractivity contribution in [1.29, 1.82) is 0 Å². The van der Waals surface area contributed by atoms with E-state index in [9.17, 15) is 4.79 Å². The topological polar surface area (TPSA) is 44.1 Å². The van der Waals surface area contributed by atoms with Gasteiger partial charge in [0.15, 0.2) is 0 Å². The van der Waals surface area contributed by atoms with Crippen molar-refractivity contribution in [3.8, 4) is 0 Å². The average Bonchev–Trinajstić information content (AvgIpc) is 2.91. The summed E-state index contributed by atoms with van der Waals surface area (Å²) in [6.45, 7) is 7.01. The largest absolute Gasteiger partial charge is 0.466 e. The molecule has 0 radical (unpaired) electrons. The molecule has 128 valence electrons. The van der Waals surface area contributed by atoms with Gasteiger partial charge in [-0.05, 0) is 55.2 Å². The first-order valence-electron chi connectivity index (χ1n) is 8.28. The van der Waals surface area contributed by atoms with Crippen LogP contribution < -0.4 is 0 Å². The minimum absolute atomic E-state index is 0.361. The van der Waals surface area contributed by atoms with E-state index < -0.39 is 0 Å². The molecular formula is C21H22N2O2. The molecule has 0 unspecified atom stereocenters. The molecular weight excluding hydrogens is 312 g/mol. The Bertz CT molecular complexity index is 947. The number of hydrogen-bond donors (Lipinski definition) is 0. The number of hydrogen-bond acceptors (Lipinski definition) is 3. The normalized spacial score (nSPS) is 11.4. The van der Waals surface area contributed by atoms with Gasteiger partial charge in [-0.3, -0.25) is 4.68 Å². The lowest BCUT2D eigenvalue weighted by atomic mass is 10.0. The predicted octanol–water partition coefficient (Wildman–Crippen LogP) is 4.20. The van der Waals surface area contributed by atoms with Crippen molar-refractivity contribution in [3.63, 3.8) is 0 Å². The quantitative estimate of drug-likeness (QED) is 0.531. The van der Waals surface area contributed by atoms with Crippen LogP contribution in [0.3, 0.4) is 0 Å². The molecule has 0 saturated heterocycles. The van der Waals surface area contributed by atoms with Gasteiger partial charge < -0.3 is 4.74 Å². The van der Waals surface area contributed by atoms with Crippen molar-refractivity contribution < 1.29 is 9.53 Å². The summed E-state index contributed by atoms with van der Waals surface area (Å²) in [4.78, 5) is 11.3. The Kier molecular flexibility index (Phi) is 4.70. The van der Waals surface area contributed by atoms with Gasteiger partial charge in [0.2, 0.25) is 0 Å². The summed E-state index contributed by atoms with van der Waals surface area (Å²) in [5, 5.41) is 5.85. The SMILES string of the molecule is COC(=O)C=Cc1ccc2c(C)nn(Cc3c(C)cccc3C)c2c1. The summed E-state index contributed by atoms with van der Waals surface area (Å²) in [7, 11) is 1.37. The summed E-state index contributed by atoms with van der Waals surface area (Å²) in [6, 6.07) is 12.4. The number of rotatable bonds is 4. The minimum atomic E-state index is -0.361. The molecule has 0 fully saturated rings. The van der Waals surface area contributed by atoms with Crippen molar-refractivity contribution >= 4 is 22.9 Å². The number of benzene rings is 2. The van der Waals surface area contributed by atoms with E-state index >= 15 is 0 Å². The Balaban J connectivity index is 2.03. The highest BCUT2D eigenvalue weighted by Gasteiger charge is 2.10. The molecule has 0 atom stereocenters. The van der Waals surface area contributed by atoms with Crippen molar-refractivity contribution in [2.45, 2.75) is 27.3 Å². The molecule has 3 aromatic rings. The maximum Gasteiger partial charge on any atom is 0.330 e. The molecule has 0 aliphatic rings. The summed E-state index contributed by atoms with van der Waals surface area (Å²) in [5.74, 6) is -0.361. The van der Waals surface area contributed by atoms with Crippen LogP contribution in [0.5, 0.6) is 0 Å². The van der Waals surface area contributed by atoms with Crippen molar-refractivity contribution in [1.82, 2.24) is 9.78 Å². The monoisotopic (exact) mass is 334 g/mol. The molecule has 0 aliphatic heterocycles. The first-order valence-corrected chi connectivity index (χ1v) is 8.28. The van der Waals surface area contributed by atoms with Crippen LogP contribution in [0.2, 0.25) is 0 Å². The maximum atomic E-state index is 11.3. The van der Waals surface area contributed by atoms with Crippen LogP contribution in [0, 0.1) is 20.8 Å². The third-order valence-corrected chi connectivity index (χ3v) is 4.53. The van der Waals surface area contributed by atoms with Crippen LogP contribution in [0.4, 0.5) is 0 Å². The van der Waals surface area contributed by atoms with Crippen LogP contribution in [-0.4, -0.2) is 22.9 Å². The number of aryl methyl sites for hydroxylation is 3. The van der Waals surface area contributed by atoms with E-state index in [1.807, 2.05) is 17.7 Å². The molecule has 0 N–H and O–H groups in total. The molecule has 4 heteroatoms. The molecule has 1 aromatic heterocycles. The number of nitrogens with zero attached hydrogens (tertiary/aromatic N) is 2. The molecule has 4 nitrogen and oxygen atoms in total. The van der Waals surface area contributed by atoms with Crippen LogP contribution in [0.15, 0.2) is 42.5 Å². The van der Waals surface area contributed by atoms with Crippen molar-refractivity contribution in [2.24, 2.45) is 0 Å². The standard InChI is InChI=1S/C21H22N2O2/c1-14-6-5-7-15(2)19(14)13-23-20-12-17(9-11-21(24)25-4)8-10-18(20)16(3)22-23/h5-12H,13H2,1-4H3. The van der Waals surface area contributed by atoms with Gasteiger partial charge in [0.1, 0.15) is 0 Å². The van der Waals surface area contributed by atoms with Gasteiger partial charge in [-0.2, -0.15) is 5.10 Å². The molecule has 2 aromatic carbocycles. The summed E-state index contributed by atoms with van der Waals surface area (Å²) >= 11 is 0. The van der Waals surface area contributed by atoms with Crippen LogP contribution in [-0.2, 0) is 16.1 Å². The van der Waals surface area contributed by atoms with Gasteiger partial charge >= 0.3 is 5.97 Å². The number of aromatic nitrogens is 2. The van der Waals surface area contributed by atoms with Crippen molar-refractivity contribution in [2.75, 3.05) is 7.11 Å². The fraction of sp³-hybridized carbons (Fsp3) is 0.238. The lowest BCUT2D eigenvalue weighted by Gasteiger charge is -2.11. The van der Waals surface area contributed by atoms with Gasteiger partial charge in [-0.15, -0.1) is 0 Å². The van der Waals surface area contributed by atoms with E-state index in [1.54, 1.807) is 6.08 Å². The Morgan fingerprint density at radius 2 is 1.88 bits per heavy atom. The van der Waals surface area contributed by atoms with E-state index in [-0.39, 0.29) is 5.97 Å². The molecule has 0 amide bonds. The molecule has 0 spiro atoms. The third kappa shape index (κ3) is 3.48. The highest BCUT2D eigenvalue weighted by Crippen LogP contribution is 2.23. The number of carbonyl (C=O) groups is 1. The van der Waals surface area contributed by atoms with Gasteiger partial charge in [0.25, 0.3) is 0 Å². The number of ether oxygens (including phenoxy) is 1. The van der Waals surface area contributed by atoms with E-state index in [4.69, 9.17) is 5.10 Å². The smallest absolute Gasteiger partial charge is 0.330 e. The Labute approximate surface area is 147 Å². The first kappa shape index (κ1) is 17.0.